The Balaban J connectivity index is 2.01. The van der Waals surface area contributed by atoms with Gasteiger partial charge in [0, 0.05) is 31.6 Å². The highest BCUT2D eigenvalue weighted by Crippen LogP contribution is 2.15. The van der Waals surface area contributed by atoms with Gasteiger partial charge in [-0.2, -0.15) is 0 Å². The maximum absolute atomic E-state index is 5.33. The highest BCUT2D eigenvalue weighted by atomic mass is 16.5. The molecule has 2 rings (SSSR count). The minimum absolute atomic E-state index is 0.738. The van der Waals surface area contributed by atoms with Crippen molar-refractivity contribution in [3.8, 4) is 0 Å². The monoisotopic (exact) mass is 236 g/mol. The van der Waals surface area contributed by atoms with Crippen molar-refractivity contribution in [2.45, 2.75) is 39.7 Å². The van der Waals surface area contributed by atoms with Gasteiger partial charge in [0.05, 0.1) is 5.69 Å². The number of aromatic nitrogens is 1. The van der Waals surface area contributed by atoms with Crippen molar-refractivity contribution in [1.82, 2.24) is 15.8 Å². The largest absolute Gasteiger partial charge is 0.361 e. The van der Waals surface area contributed by atoms with E-state index in [1.54, 1.807) is 0 Å². The molecule has 0 bridgehead atoms. The number of aliphatic imine (C=N–C) groups is 1. The number of guanidine groups is 1. The Morgan fingerprint density at radius 1 is 1.35 bits per heavy atom. The lowest BCUT2D eigenvalue weighted by Gasteiger charge is -2.16. The topological polar surface area (TPSA) is 62.5 Å². The van der Waals surface area contributed by atoms with Crippen LogP contribution in [0.4, 0.5) is 0 Å². The SMILES string of the molecule is CCc1noc(CC)c1CNC1=NCCCN1. The van der Waals surface area contributed by atoms with Crippen LogP contribution in [0, 0.1) is 0 Å². The summed E-state index contributed by atoms with van der Waals surface area (Å²) in [5.41, 5.74) is 2.23. The summed E-state index contributed by atoms with van der Waals surface area (Å²) in [6.07, 6.45) is 2.89. The molecule has 1 aromatic rings. The molecule has 0 amide bonds. The fourth-order valence-corrected chi connectivity index (χ4v) is 1.96. The van der Waals surface area contributed by atoms with Crippen molar-refractivity contribution >= 4 is 5.96 Å². The van der Waals surface area contributed by atoms with Gasteiger partial charge in [0.1, 0.15) is 5.76 Å². The number of nitrogens with zero attached hydrogens (tertiary/aromatic N) is 2. The fourth-order valence-electron chi connectivity index (χ4n) is 1.96. The number of aryl methyl sites for hydroxylation is 2. The first kappa shape index (κ1) is 12.0. The zero-order valence-electron chi connectivity index (χ0n) is 10.5. The van der Waals surface area contributed by atoms with Crippen LogP contribution in [0.15, 0.2) is 9.52 Å². The van der Waals surface area contributed by atoms with Crippen molar-refractivity contribution < 1.29 is 4.52 Å². The molecule has 5 nitrogen and oxygen atoms in total. The third kappa shape index (κ3) is 2.78. The van der Waals surface area contributed by atoms with E-state index in [2.05, 4.69) is 34.6 Å². The van der Waals surface area contributed by atoms with E-state index in [-0.39, 0.29) is 0 Å². The van der Waals surface area contributed by atoms with Crippen molar-refractivity contribution in [2.75, 3.05) is 13.1 Å². The highest BCUT2D eigenvalue weighted by molar-refractivity contribution is 5.80. The molecule has 17 heavy (non-hydrogen) atoms. The van der Waals surface area contributed by atoms with Crippen molar-refractivity contribution in [3.63, 3.8) is 0 Å². The predicted octanol–water partition coefficient (Wildman–Crippen LogP) is 1.24. The van der Waals surface area contributed by atoms with Gasteiger partial charge < -0.3 is 15.2 Å². The molecule has 1 aliphatic heterocycles. The molecule has 5 heteroatoms. The third-order valence-electron chi connectivity index (χ3n) is 2.94. The lowest BCUT2D eigenvalue weighted by atomic mass is 10.1. The molecular formula is C12H20N4O. The van der Waals surface area contributed by atoms with Crippen molar-refractivity contribution in [1.29, 1.82) is 0 Å². The first-order valence-corrected chi connectivity index (χ1v) is 6.33. The van der Waals surface area contributed by atoms with Crippen LogP contribution in [-0.4, -0.2) is 24.2 Å². The molecule has 0 spiro atoms. The Labute approximate surface area is 102 Å². The Kier molecular flexibility index (Phi) is 4.01. The molecule has 0 unspecified atom stereocenters. The Morgan fingerprint density at radius 3 is 2.88 bits per heavy atom. The summed E-state index contributed by atoms with van der Waals surface area (Å²) < 4.78 is 5.33. The number of hydrogen-bond acceptors (Lipinski definition) is 5. The van der Waals surface area contributed by atoms with Crippen LogP contribution in [0.5, 0.6) is 0 Å². The smallest absolute Gasteiger partial charge is 0.191 e. The van der Waals surface area contributed by atoms with Crippen LogP contribution in [0.1, 0.15) is 37.3 Å². The van der Waals surface area contributed by atoms with Gasteiger partial charge in [-0.1, -0.05) is 19.0 Å². The maximum Gasteiger partial charge on any atom is 0.191 e. The molecule has 0 aliphatic carbocycles. The molecule has 2 heterocycles. The zero-order chi connectivity index (χ0) is 12.1. The molecule has 94 valence electrons. The predicted molar refractivity (Wildman–Crippen MR) is 67.0 cm³/mol. The maximum atomic E-state index is 5.33. The minimum Gasteiger partial charge on any atom is -0.361 e. The van der Waals surface area contributed by atoms with Gasteiger partial charge in [0.2, 0.25) is 0 Å². The molecule has 1 aliphatic rings. The van der Waals surface area contributed by atoms with E-state index in [1.807, 2.05) is 0 Å². The molecule has 0 saturated heterocycles. The van der Waals surface area contributed by atoms with Crippen LogP contribution in [-0.2, 0) is 19.4 Å². The van der Waals surface area contributed by atoms with E-state index in [1.165, 1.54) is 5.56 Å². The summed E-state index contributed by atoms with van der Waals surface area (Å²) in [5.74, 6) is 1.87. The van der Waals surface area contributed by atoms with E-state index in [0.717, 1.165) is 56.3 Å². The van der Waals surface area contributed by atoms with Crippen LogP contribution in [0.3, 0.4) is 0 Å². The summed E-state index contributed by atoms with van der Waals surface area (Å²) in [4.78, 5) is 4.38. The van der Waals surface area contributed by atoms with Gasteiger partial charge in [-0.15, -0.1) is 0 Å². The van der Waals surface area contributed by atoms with E-state index in [9.17, 15) is 0 Å². The van der Waals surface area contributed by atoms with Crippen molar-refractivity contribution in [3.05, 3.63) is 17.0 Å². The van der Waals surface area contributed by atoms with E-state index in [0.29, 0.717) is 0 Å². The molecule has 0 saturated carbocycles. The van der Waals surface area contributed by atoms with E-state index < -0.39 is 0 Å². The van der Waals surface area contributed by atoms with Gasteiger partial charge in [0.15, 0.2) is 5.96 Å². The summed E-state index contributed by atoms with van der Waals surface area (Å²) in [7, 11) is 0. The van der Waals surface area contributed by atoms with Crippen LogP contribution >= 0.6 is 0 Å². The molecule has 0 aromatic carbocycles. The average Bonchev–Trinajstić information content (AvgIpc) is 2.79. The lowest BCUT2D eigenvalue weighted by Crippen LogP contribution is -2.40. The van der Waals surface area contributed by atoms with E-state index >= 15 is 0 Å². The molecule has 2 N–H and O–H groups in total. The normalized spacial score (nSPS) is 15.3. The first-order chi connectivity index (χ1) is 8.35. The van der Waals surface area contributed by atoms with Crippen LogP contribution in [0.2, 0.25) is 0 Å². The van der Waals surface area contributed by atoms with Gasteiger partial charge in [-0.05, 0) is 12.8 Å². The fraction of sp³-hybridized carbons (Fsp3) is 0.667. The second kappa shape index (κ2) is 5.70. The first-order valence-electron chi connectivity index (χ1n) is 6.33. The van der Waals surface area contributed by atoms with Gasteiger partial charge in [0.25, 0.3) is 0 Å². The number of nitrogens with one attached hydrogen (secondary N) is 2. The number of hydrogen-bond donors (Lipinski definition) is 2. The standard InChI is InChI=1S/C12H20N4O/c1-3-10-9(11(4-2)17-16-10)8-15-12-13-6-5-7-14-12/h3-8H2,1-2H3,(H2,13,14,15). The van der Waals surface area contributed by atoms with E-state index in [4.69, 9.17) is 4.52 Å². The van der Waals surface area contributed by atoms with Gasteiger partial charge in [-0.3, -0.25) is 4.99 Å². The molecule has 0 radical (unpaired) electrons. The Morgan fingerprint density at radius 2 is 2.24 bits per heavy atom. The molecule has 0 atom stereocenters. The average molecular weight is 236 g/mol. The molecule has 0 fully saturated rings. The second-order valence-corrected chi connectivity index (χ2v) is 4.10. The Hall–Kier alpha value is -1.52. The van der Waals surface area contributed by atoms with Gasteiger partial charge in [-0.25, -0.2) is 0 Å². The lowest BCUT2D eigenvalue weighted by molar-refractivity contribution is 0.380. The summed E-state index contributed by atoms with van der Waals surface area (Å²) >= 11 is 0. The van der Waals surface area contributed by atoms with Crippen LogP contribution < -0.4 is 10.6 Å². The molecule has 1 aromatic heterocycles. The Bertz CT molecular complexity index is 376. The van der Waals surface area contributed by atoms with Crippen LogP contribution in [0.25, 0.3) is 0 Å². The van der Waals surface area contributed by atoms with Crippen molar-refractivity contribution in [2.24, 2.45) is 4.99 Å². The minimum atomic E-state index is 0.738. The quantitative estimate of drug-likeness (QED) is 0.825. The number of rotatable bonds is 4. The molecular weight excluding hydrogens is 216 g/mol. The van der Waals surface area contributed by atoms with Gasteiger partial charge >= 0.3 is 0 Å². The zero-order valence-corrected chi connectivity index (χ0v) is 10.5. The second-order valence-electron chi connectivity index (χ2n) is 4.10. The third-order valence-corrected chi connectivity index (χ3v) is 2.94. The summed E-state index contributed by atoms with van der Waals surface area (Å²) in [5, 5.41) is 10.7. The summed E-state index contributed by atoms with van der Waals surface area (Å²) in [6, 6.07) is 0. The summed E-state index contributed by atoms with van der Waals surface area (Å²) in [6.45, 7) is 6.82. The highest BCUT2D eigenvalue weighted by Gasteiger charge is 2.13.